The third kappa shape index (κ3) is 5.43. The fourth-order valence-electron chi connectivity index (χ4n) is 2.24. The largest absolute Gasteiger partial charge is 0.484 e. The molecule has 0 atom stereocenters. The average Bonchev–Trinajstić information content (AvgIpc) is 2.63. The molecule has 2 rings (SSSR count). The Labute approximate surface area is 142 Å². The SMILES string of the molecule is CCN(CC)c1ccc(/C=N\NC(=O)COc2ccccc2)cc1. The van der Waals surface area contributed by atoms with E-state index in [-0.39, 0.29) is 12.5 Å². The predicted octanol–water partition coefficient (Wildman–Crippen LogP) is 3.06. The lowest BCUT2D eigenvalue weighted by molar-refractivity contribution is -0.123. The molecule has 0 fully saturated rings. The van der Waals surface area contributed by atoms with E-state index in [1.54, 1.807) is 18.3 Å². The maximum Gasteiger partial charge on any atom is 0.277 e. The summed E-state index contributed by atoms with van der Waals surface area (Å²) in [4.78, 5) is 13.9. The fourth-order valence-corrected chi connectivity index (χ4v) is 2.24. The number of hydrogen-bond donors (Lipinski definition) is 1. The van der Waals surface area contributed by atoms with E-state index in [1.165, 1.54) is 5.69 Å². The van der Waals surface area contributed by atoms with Crippen molar-refractivity contribution >= 4 is 17.8 Å². The van der Waals surface area contributed by atoms with Gasteiger partial charge in [0, 0.05) is 18.8 Å². The van der Waals surface area contributed by atoms with Crippen LogP contribution in [0, 0.1) is 0 Å². The highest BCUT2D eigenvalue weighted by Crippen LogP contribution is 2.14. The summed E-state index contributed by atoms with van der Waals surface area (Å²) in [5, 5.41) is 3.95. The summed E-state index contributed by atoms with van der Waals surface area (Å²) in [7, 11) is 0. The fraction of sp³-hybridized carbons (Fsp3) is 0.263. The molecule has 0 radical (unpaired) electrons. The van der Waals surface area contributed by atoms with Gasteiger partial charge in [0.25, 0.3) is 5.91 Å². The van der Waals surface area contributed by atoms with Crippen LogP contribution in [0.1, 0.15) is 19.4 Å². The smallest absolute Gasteiger partial charge is 0.277 e. The van der Waals surface area contributed by atoms with E-state index in [9.17, 15) is 4.79 Å². The molecular formula is C19H23N3O2. The lowest BCUT2D eigenvalue weighted by Crippen LogP contribution is -2.24. The minimum Gasteiger partial charge on any atom is -0.484 e. The van der Waals surface area contributed by atoms with Crippen molar-refractivity contribution in [2.45, 2.75) is 13.8 Å². The van der Waals surface area contributed by atoms with Gasteiger partial charge in [-0.25, -0.2) is 5.43 Å². The van der Waals surface area contributed by atoms with Gasteiger partial charge in [0.1, 0.15) is 5.75 Å². The topological polar surface area (TPSA) is 53.9 Å². The number of hydrogen-bond acceptors (Lipinski definition) is 4. The van der Waals surface area contributed by atoms with Crippen LogP contribution in [0.3, 0.4) is 0 Å². The van der Waals surface area contributed by atoms with Gasteiger partial charge in [0.05, 0.1) is 6.21 Å². The average molecular weight is 325 g/mol. The van der Waals surface area contributed by atoms with Gasteiger partial charge in [0.15, 0.2) is 6.61 Å². The van der Waals surface area contributed by atoms with E-state index in [1.807, 2.05) is 30.3 Å². The molecule has 126 valence electrons. The summed E-state index contributed by atoms with van der Waals surface area (Å²) >= 11 is 0. The lowest BCUT2D eigenvalue weighted by atomic mass is 10.2. The van der Waals surface area contributed by atoms with E-state index in [4.69, 9.17) is 4.74 Å². The zero-order valence-corrected chi connectivity index (χ0v) is 14.1. The monoisotopic (exact) mass is 325 g/mol. The molecule has 2 aromatic rings. The molecule has 0 saturated heterocycles. The first-order valence-corrected chi connectivity index (χ1v) is 8.07. The van der Waals surface area contributed by atoms with Crippen LogP contribution in [-0.2, 0) is 4.79 Å². The van der Waals surface area contributed by atoms with Crippen LogP contribution in [-0.4, -0.2) is 31.8 Å². The Morgan fingerprint density at radius 2 is 1.75 bits per heavy atom. The van der Waals surface area contributed by atoms with Gasteiger partial charge in [-0.3, -0.25) is 4.79 Å². The van der Waals surface area contributed by atoms with Crippen LogP contribution in [0.25, 0.3) is 0 Å². The Kier molecular flexibility index (Phi) is 6.83. The molecule has 0 spiro atoms. The number of carbonyl (C=O) groups is 1. The molecule has 1 amide bonds. The standard InChI is InChI=1S/C19H23N3O2/c1-3-22(4-2)17-12-10-16(11-13-17)14-20-21-19(23)15-24-18-8-6-5-7-9-18/h5-14H,3-4,15H2,1-2H3,(H,21,23)/b20-14-. The molecule has 2 aromatic carbocycles. The number of carbonyl (C=O) groups excluding carboxylic acids is 1. The number of nitrogens with one attached hydrogen (secondary N) is 1. The van der Waals surface area contributed by atoms with Gasteiger partial charge < -0.3 is 9.64 Å². The van der Waals surface area contributed by atoms with Gasteiger partial charge in [-0.1, -0.05) is 30.3 Å². The zero-order chi connectivity index (χ0) is 17.2. The molecule has 0 aliphatic heterocycles. The molecule has 5 heteroatoms. The predicted molar refractivity (Wildman–Crippen MR) is 97.7 cm³/mol. The van der Waals surface area contributed by atoms with Gasteiger partial charge in [0.2, 0.25) is 0 Å². The van der Waals surface area contributed by atoms with Crippen LogP contribution >= 0.6 is 0 Å². The van der Waals surface area contributed by atoms with Crippen molar-refractivity contribution in [2.75, 3.05) is 24.6 Å². The van der Waals surface area contributed by atoms with Crippen LogP contribution < -0.4 is 15.1 Å². The molecule has 0 bridgehead atoms. The summed E-state index contributed by atoms with van der Waals surface area (Å²) in [6, 6.07) is 17.3. The van der Waals surface area contributed by atoms with Crippen molar-refractivity contribution < 1.29 is 9.53 Å². The Morgan fingerprint density at radius 3 is 2.38 bits per heavy atom. The molecule has 5 nitrogen and oxygen atoms in total. The first-order valence-electron chi connectivity index (χ1n) is 8.07. The van der Waals surface area contributed by atoms with Crippen molar-refractivity contribution in [1.82, 2.24) is 5.43 Å². The second-order valence-corrected chi connectivity index (χ2v) is 5.16. The van der Waals surface area contributed by atoms with E-state index >= 15 is 0 Å². The highest BCUT2D eigenvalue weighted by molar-refractivity contribution is 5.83. The van der Waals surface area contributed by atoms with Crippen LogP contribution in [0.4, 0.5) is 5.69 Å². The van der Waals surface area contributed by atoms with Gasteiger partial charge in [-0.2, -0.15) is 5.10 Å². The van der Waals surface area contributed by atoms with Crippen molar-refractivity contribution in [1.29, 1.82) is 0 Å². The van der Waals surface area contributed by atoms with E-state index in [2.05, 4.69) is 41.4 Å². The molecule has 0 saturated carbocycles. The summed E-state index contributed by atoms with van der Waals surface area (Å²) in [5.41, 5.74) is 4.56. The number of hydrazone groups is 1. The third-order valence-electron chi connectivity index (χ3n) is 3.54. The maximum atomic E-state index is 11.7. The van der Waals surface area contributed by atoms with Gasteiger partial charge >= 0.3 is 0 Å². The molecule has 24 heavy (non-hydrogen) atoms. The number of ether oxygens (including phenoxy) is 1. The minimum absolute atomic E-state index is 0.0672. The van der Waals surface area contributed by atoms with Gasteiger partial charge in [-0.15, -0.1) is 0 Å². The molecule has 0 unspecified atom stereocenters. The minimum atomic E-state index is -0.296. The highest BCUT2D eigenvalue weighted by Gasteiger charge is 2.02. The van der Waals surface area contributed by atoms with Gasteiger partial charge in [-0.05, 0) is 43.7 Å². The maximum absolute atomic E-state index is 11.7. The van der Waals surface area contributed by atoms with E-state index in [0.29, 0.717) is 5.75 Å². The molecular weight excluding hydrogens is 302 g/mol. The number of benzene rings is 2. The normalized spacial score (nSPS) is 10.6. The zero-order valence-electron chi connectivity index (χ0n) is 14.1. The van der Waals surface area contributed by atoms with Crippen molar-refractivity contribution in [2.24, 2.45) is 5.10 Å². The third-order valence-corrected chi connectivity index (χ3v) is 3.54. The quantitative estimate of drug-likeness (QED) is 0.599. The lowest BCUT2D eigenvalue weighted by Gasteiger charge is -2.20. The summed E-state index contributed by atoms with van der Waals surface area (Å²) in [6.45, 7) is 6.14. The van der Waals surface area contributed by atoms with Crippen molar-refractivity contribution in [3.05, 3.63) is 60.2 Å². The number of amides is 1. The number of nitrogens with zero attached hydrogens (tertiary/aromatic N) is 2. The van der Waals surface area contributed by atoms with Crippen molar-refractivity contribution in [3.8, 4) is 5.75 Å². The molecule has 0 aromatic heterocycles. The van der Waals surface area contributed by atoms with Crippen LogP contribution in [0.2, 0.25) is 0 Å². The summed E-state index contributed by atoms with van der Waals surface area (Å²) < 4.78 is 5.35. The van der Waals surface area contributed by atoms with Crippen molar-refractivity contribution in [3.63, 3.8) is 0 Å². The molecule has 0 aliphatic rings. The Hall–Kier alpha value is -2.82. The first-order chi connectivity index (χ1) is 11.7. The number of para-hydroxylation sites is 1. The Balaban J connectivity index is 1.79. The van der Waals surface area contributed by atoms with E-state index < -0.39 is 0 Å². The first kappa shape index (κ1) is 17.5. The second-order valence-electron chi connectivity index (χ2n) is 5.16. The molecule has 0 aliphatic carbocycles. The summed E-state index contributed by atoms with van der Waals surface area (Å²) in [6.07, 6.45) is 1.62. The Bertz CT molecular complexity index is 650. The highest BCUT2D eigenvalue weighted by atomic mass is 16.5. The molecule has 1 N–H and O–H groups in total. The van der Waals surface area contributed by atoms with Crippen LogP contribution in [0.5, 0.6) is 5.75 Å². The molecule has 0 heterocycles. The van der Waals surface area contributed by atoms with Crippen LogP contribution in [0.15, 0.2) is 59.7 Å². The Morgan fingerprint density at radius 1 is 1.08 bits per heavy atom. The van der Waals surface area contributed by atoms with E-state index in [0.717, 1.165) is 18.7 Å². The number of anilines is 1. The number of rotatable bonds is 8. The summed E-state index contributed by atoms with van der Waals surface area (Å²) in [5.74, 6) is 0.360. The second kappa shape index (κ2) is 9.35.